The Morgan fingerprint density at radius 2 is 1.46 bits per heavy atom. The Balaban J connectivity index is 1.85. The van der Waals surface area contributed by atoms with E-state index in [1.165, 1.54) is 24.1 Å². The van der Waals surface area contributed by atoms with Crippen molar-refractivity contribution in [1.29, 1.82) is 0 Å². The van der Waals surface area contributed by atoms with E-state index in [0.29, 0.717) is 5.69 Å². The molecule has 0 atom stereocenters. The molecule has 3 aromatic carbocycles. The van der Waals surface area contributed by atoms with Gasteiger partial charge < -0.3 is 5.32 Å². The number of nitrogens with one attached hydrogen (secondary N) is 2. The topological polar surface area (TPSA) is 24.1 Å². The Labute approximate surface area is 154 Å². The average Bonchev–Trinajstić information content (AvgIpc) is 2.63. The van der Waals surface area contributed by atoms with Gasteiger partial charge in [-0.05, 0) is 67.0 Å². The van der Waals surface area contributed by atoms with Gasteiger partial charge in [0.15, 0.2) is 0 Å². The second-order valence-electron chi connectivity index (χ2n) is 5.58. The molecule has 2 nitrogen and oxygen atoms in total. The zero-order valence-electron chi connectivity index (χ0n) is 14.0. The van der Waals surface area contributed by atoms with E-state index in [1.807, 2.05) is 55.6 Å². The molecule has 0 aliphatic heterocycles. The van der Waals surface area contributed by atoms with Gasteiger partial charge in [0.25, 0.3) is 0 Å². The minimum atomic E-state index is -4.33. The molecule has 0 saturated carbocycles. The van der Waals surface area contributed by atoms with Gasteiger partial charge in [-0.2, -0.15) is 13.2 Å². The predicted molar refractivity (Wildman–Crippen MR) is 102 cm³/mol. The zero-order valence-corrected chi connectivity index (χ0v) is 14.8. The molecule has 0 aromatic heterocycles. The molecule has 0 fully saturated rings. The van der Waals surface area contributed by atoms with Crippen molar-refractivity contribution in [3.63, 3.8) is 0 Å². The van der Waals surface area contributed by atoms with Crippen molar-refractivity contribution in [2.45, 2.75) is 11.1 Å². The number of rotatable bonds is 5. The molecule has 0 amide bonds. The van der Waals surface area contributed by atoms with E-state index in [4.69, 9.17) is 0 Å². The van der Waals surface area contributed by atoms with E-state index in [1.54, 1.807) is 0 Å². The molecule has 3 rings (SSSR count). The van der Waals surface area contributed by atoms with Gasteiger partial charge in [-0.15, -0.1) is 0 Å². The van der Waals surface area contributed by atoms with Crippen molar-refractivity contribution in [3.8, 4) is 11.1 Å². The number of hydrogen-bond donors (Lipinski definition) is 2. The van der Waals surface area contributed by atoms with Crippen molar-refractivity contribution in [2.75, 3.05) is 12.4 Å². The highest BCUT2D eigenvalue weighted by Crippen LogP contribution is 2.33. The van der Waals surface area contributed by atoms with Crippen LogP contribution in [0.5, 0.6) is 0 Å². The zero-order chi connectivity index (χ0) is 18.6. The molecule has 2 N–H and O–H groups in total. The summed E-state index contributed by atoms with van der Waals surface area (Å²) in [5, 5.41) is 3.20. The maximum absolute atomic E-state index is 12.7. The molecule has 0 spiro atoms. The van der Waals surface area contributed by atoms with Crippen LogP contribution in [0.2, 0.25) is 0 Å². The number of halogens is 3. The van der Waals surface area contributed by atoms with E-state index in [-0.39, 0.29) is 0 Å². The van der Waals surface area contributed by atoms with E-state index in [2.05, 4.69) is 10.0 Å². The van der Waals surface area contributed by atoms with E-state index in [9.17, 15) is 13.2 Å². The summed E-state index contributed by atoms with van der Waals surface area (Å²) in [6.07, 6.45) is -4.33. The van der Waals surface area contributed by atoms with E-state index >= 15 is 0 Å². The van der Waals surface area contributed by atoms with Crippen molar-refractivity contribution in [3.05, 3.63) is 78.4 Å². The molecule has 26 heavy (non-hydrogen) atoms. The molecule has 134 valence electrons. The number of alkyl halides is 3. The Bertz CT molecular complexity index is 859. The van der Waals surface area contributed by atoms with Gasteiger partial charge in [-0.3, -0.25) is 4.72 Å². The third-order valence-electron chi connectivity index (χ3n) is 3.80. The maximum atomic E-state index is 12.7. The minimum absolute atomic E-state index is 0.604. The second kappa shape index (κ2) is 7.85. The second-order valence-corrected chi connectivity index (χ2v) is 6.66. The fourth-order valence-corrected chi connectivity index (χ4v) is 3.07. The molecule has 3 aromatic rings. The quantitative estimate of drug-likeness (QED) is 0.509. The number of hydrogen-bond acceptors (Lipinski definition) is 3. The summed E-state index contributed by atoms with van der Waals surface area (Å²) in [6.45, 7) is 0. The molecule has 0 bridgehead atoms. The largest absolute Gasteiger partial charge is 0.416 e. The SMILES string of the molecule is CNSc1ccc(-c2ccccc2Nc2ccc(C(F)(F)F)cc2)cc1. The van der Waals surface area contributed by atoms with Gasteiger partial charge in [-0.1, -0.05) is 30.3 Å². The lowest BCUT2D eigenvalue weighted by molar-refractivity contribution is -0.137. The van der Waals surface area contributed by atoms with Crippen LogP contribution < -0.4 is 10.0 Å². The third kappa shape index (κ3) is 4.39. The summed E-state index contributed by atoms with van der Waals surface area (Å²) in [7, 11) is 1.86. The minimum Gasteiger partial charge on any atom is -0.355 e. The highest BCUT2D eigenvalue weighted by molar-refractivity contribution is 7.97. The van der Waals surface area contributed by atoms with Crippen LogP contribution in [0, 0.1) is 0 Å². The molecule has 0 saturated heterocycles. The van der Waals surface area contributed by atoms with Crippen molar-refractivity contribution < 1.29 is 13.2 Å². The van der Waals surface area contributed by atoms with Gasteiger partial charge in [0.05, 0.1) is 5.56 Å². The van der Waals surface area contributed by atoms with Crippen LogP contribution in [-0.4, -0.2) is 7.05 Å². The number of para-hydroxylation sites is 1. The van der Waals surface area contributed by atoms with Crippen LogP contribution in [0.4, 0.5) is 24.5 Å². The van der Waals surface area contributed by atoms with E-state index in [0.717, 1.165) is 33.8 Å². The first-order valence-electron chi connectivity index (χ1n) is 7.95. The molecule has 6 heteroatoms. The number of anilines is 2. The molecule has 0 heterocycles. The number of benzene rings is 3. The Hall–Kier alpha value is -2.44. The van der Waals surface area contributed by atoms with Crippen LogP contribution >= 0.6 is 11.9 Å². The summed E-state index contributed by atoms with van der Waals surface area (Å²) >= 11 is 1.53. The lowest BCUT2D eigenvalue weighted by Gasteiger charge is -2.14. The fourth-order valence-electron chi connectivity index (χ4n) is 2.56. The Morgan fingerprint density at radius 3 is 2.08 bits per heavy atom. The predicted octanol–water partition coefficient (Wildman–Crippen LogP) is 6.34. The Morgan fingerprint density at radius 1 is 0.808 bits per heavy atom. The molecular weight excluding hydrogens is 357 g/mol. The van der Waals surface area contributed by atoms with Crippen molar-refractivity contribution >= 4 is 23.3 Å². The van der Waals surface area contributed by atoms with Crippen LogP contribution in [0.15, 0.2) is 77.7 Å². The van der Waals surface area contributed by atoms with Crippen molar-refractivity contribution in [2.24, 2.45) is 0 Å². The van der Waals surface area contributed by atoms with Crippen molar-refractivity contribution in [1.82, 2.24) is 4.72 Å². The van der Waals surface area contributed by atoms with Crippen LogP contribution in [0.25, 0.3) is 11.1 Å². The summed E-state index contributed by atoms with van der Waals surface area (Å²) in [4.78, 5) is 1.10. The maximum Gasteiger partial charge on any atom is 0.416 e. The van der Waals surface area contributed by atoms with Crippen LogP contribution in [-0.2, 0) is 6.18 Å². The summed E-state index contributed by atoms with van der Waals surface area (Å²) < 4.78 is 41.1. The smallest absolute Gasteiger partial charge is 0.355 e. The van der Waals surface area contributed by atoms with Gasteiger partial charge in [-0.25, -0.2) is 0 Å². The highest BCUT2D eigenvalue weighted by Gasteiger charge is 2.29. The first-order chi connectivity index (χ1) is 12.5. The first-order valence-corrected chi connectivity index (χ1v) is 8.76. The summed E-state index contributed by atoms with van der Waals surface area (Å²) in [5.74, 6) is 0. The molecule has 0 aliphatic rings. The van der Waals surface area contributed by atoms with E-state index < -0.39 is 11.7 Å². The lowest BCUT2D eigenvalue weighted by Crippen LogP contribution is -2.04. The van der Waals surface area contributed by atoms with Gasteiger partial charge >= 0.3 is 6.18 Å². The van der Waals surface area contributed by atoms with Gasteiger partial charge in [0, 0.05) is 21.8 Å². The third-order valence-corrected chi connectivity index (χ3v) is 4.52. The molecular formula is C20H17F3N2S. The lowest BCUT2D eigenvalue weighted by atomic mass is 10.0. The monoisotopic (exact) mass is 374 g/mol. The normalized spacial score (nSPS) is 11.4. The molecule has 0 radical (unpaired) electrons. The van der Waals surface area contributed by atoms with Gasteiger partial charge in [0.1, 0.15) is 0 Å². The summed E-state index contributed by atoms with van der Waals surface area (Å²) in [5.41, 5.74) is 2.79. The molecule has 0 unspecified atom stereocenters. The van der Waals surface area contributed by atoms with Gasteiger partial charge in [0.2, 0.25) is 0 Å². The fraction of sp³-hybridized carbons (Fsp3) is 0.100. The highest BCUT2D eigenvalue weighted by atomic mass is 32.2. The molecule has 0 aliphatic carbocycles. The standard InChI is InChI=1S/C20H17F3N2S/c1-24-26-17-12-6-14(7-13-17)18-4-2-3-5-19(18)25-16-10-8-15(9-11-16)20(21,22)23/h2-13,24-25H,1H3. The first kappa shape index (κ1) is 18.4. The van der Waals surface area contributed by atoms with Crippen LogP contribution in [0.3, 0.4) is 0 Å². The Kier molecular flexibility index (Phi) is 5.54. The summed E-state index contributed by atoms with van der Waals surface area (Å²) in [6, 6.07) is 20.8. The van der Waals surface area contributed by atoms with Crippen LogP contribution in [0.1, 0.15) is 5.56 Å². The average molecular weight is 374 g/mol.